The molecule has 2 saturated heterocycles. The molecule has 3 aliphatic rings. The molecule has 2 aromatic carbocycles. The summed E-state index contributed by atoms with van der Waals surface area (Å²) in [4.78, 5) is 32.2. The van der Waals surface area contributed by atoms with Gasteiger partial charge >= 0.3 is 0 Å². The third-order valence-electron chi connectivity index (χ3n) is 8.39. The molecule has 7 heteroatoms. The van der Waals surface area contributed by atoms with Crippen LogP contribution in [0.25, 0.3) is 11.3 Å². The molecule has 1 aliphatic carbocycles. The van der Waals surface area contributed by atoms with E-state index in [0.29, 0.717) is 18.8 Å². The summed E-state index contributed by atoms with van der Waals surface area (Å²) in [6.07, 6.45) is 8.99. The fourth-order valence-electron chi connectivity index (χ4n) is 6.52. The number of carbonyl (C=O) groups is 2. The van der Waals surface area contributed by atoms with Gasteiger partial charge in [-0.2, -0.15) is 0 Å². The van der Waals surface area contributed by atoms with E-state index in [0.717, 1.165) is 62.9 Å². The van der Waals surface area contributed by atoms with Crippen molar-refractivity contribution in [3.05, 3.63) is 72.2 Å². The van der Waals surface area contributed by atoms with Crippen molar-refractivity contribution < 1.29 is 18.7 Å². The van der Waals surface area contributed by atoms with E-state index in [2.05, 4.69) is 34.6 Å². The third-order valence-corrected chi connectivity index (χ3v) is 8.39. The van der Waals surface area contributed by atoms with E-state index in [9.17, 15) is 9.59 Å². The molecule has 2 amide bonds. The van der Waals surface area contributed by atoms with Gasteiger partial charge in [-0.3, -0.25) is 9.59 Å². The Hall–Kier alpha value is -3.45. The van der Waals surface area contributed by atoms with Gasteiger partial charge in [0.05, 0.1) is 6.20 Å². The van der Waals surface area contributed by atoms with E-state index in [1.165, 1.54) is 17.5 Å². The summed E-state index contributed by atoms with van der Waals surface area (Å²) in [5, 5.41) is 3.08. The van der Waals surface area contributed by atoms with Crippen molar-refractivity contribution in [2.24, 2.45) is 0 Å². The molecule has 3 heterocycles. The van der Waals surface area contributed by atoms with Crippen molar-refractivity contribution in [3.63, 3.8) is 0 Å². The average Bonchev–Trinajstić information content (AvgIpc) is 3.57. The van der Waals surface area contributed by atoms with Gasteiger partial charge in [0.15, 0.2) is 12.2 Å². The number of fused-ring (bicyclic) bond motifs is 2. The monoisotopic (exact) mass is 499 g/mol. The number of nitrogens with one attached hydrogen (secondary N) is 1. The fraction of sp³-hybridized carbons (Fsp3) is 0.433. The SMILES string of the molecule is O=C(CC1CC2(CCN(C(=O)[C@H]3CCCCO3)CC2)c2ccccc21)Nc1cccc(-c2cnco2)c1. The first kappa shape index (κ1) is 23.9. The number of ether oxygens (including phenoxy) is 1. The molecule has 0 radical (unpaired) electrons. The van der Waals surface area contributed by atoms with Crippen molar-refractivity contribution in [1.29, 1.82) is 0 Å². The lowest BCUT2D eigenvalue weighted by molar-refractivity contribution is -0.148. The Labute approximate surface area is 217 Å². The van der Waals surface area contributed by atoms with Gasteiger partial charge in [0.25, 0.3) is 5.91 Å². The van der Waals surface area contributed by atoms with Gasteiger partial charge in [-0.1, -0.05) is 36.4 Å². The van der Waals surface area contributed by atoms with Gasteiger partial charge in [-0.05, 0) is 73.1 Å². The number of oxazole rings is 1. The van der Waals surface area contributed by atoms with Crippen molar-refractivity contribution in [3.8, 4) is 11.3 Å². The number of likely N-dealkylation sites (tertiary alicyclic amines) is 1. The molecule has 2 aliphatic heterocycles. The number of rotatable bonds is 5. The second kappa shape index (κ2) is 10.1. The maximum absolute atomic E-state index is 13.1. The summed E-state index contributed by atoms with van der Waals surface area (Å²) in [5.41, 5.74) is 4.29. The van der Waals surface area contributed by atoms with Crippen LogP contribution >= 0.6 is 0 Å². The molecule has 0 saturated carbocycles. The van der Waals surface area contributed by atoms with Gasteiger partial charge in [-0.15, -0.1) is 0 Å². The molecule has 1 unspecified atom stereocenters. The summed E-state index contributed by atoms with van der Waals surface area (Å²) in [6.45, 7) is 2.19. The maximum atomic E-state index is 13.1. The number of benzene rings is 2. The van der Waals surface area contributed by atoms with Crippen LogP contribution in [-0.4, -0.2) is 47.5 Å². The van der Waals surface area contributed by atoms with Crippen LogP contribution in [0.4, 0.5) is 5.69 Å². The second-order valence-electron chi connectivity index (χ2n) is 10.6. The smallest absolute Gasteiger partial charge is 0.251 e. The summed E-state index contributed by atoms with van der Waals surface area (Å²) in [7, 11) is 0. The number of hydrogen-bond acceptors (Lipinski definition) is 5. The molecule has 0 bridgehead atoms. The molecular weight excluding hydrogens is 466 g/mol. The highest BCUT2D eigenvalue weighted by Crippen LogP contribution is 2.52. The van der Waals surface area contributed by atoms with E-state index in [1.807, 2.05) is 29.2 Å². The lowest BCUT2D eigenvalue weighted by atomic mass is 9.73. The molecule has 1 spiro atoms. The van der Waals surface area contributed by atoms with E-state index in [4.69, 9.17) is 9.15 Å². The quantitative estimate of drug-likeness (QED) is 0.516. The second-order valence-corrected chi connectivity index (χ2v) is 10.6. The van der Waals surface area contributed by atoms with Gasteiger partial charge in [0.1, 0.15) is 6.10 Å². The summed E-state index contributed by atoms with van der Waals surface area (Å²) in [5.74, 6) is 0.998. The average molecular weight is 500 g/mol. The normalized spacial score (nSPS) is 22.5. The highest BCUT2D eigenvalue weighted by Gasteiger charge is 2.46. The molecule has 7 nitrogen and oxygen atoms in total. The zero-order chi connectivity index (χ0) is 25.2. The van der Waals surface area contributed by atoms with E-state index < -0.39 is 0 Å². The molecule has 1 N–H and O–H groups in total. The number of hydrogen-bond donors (Lipinski definition) is 1. The molecule has 1 aromatic heterocycles. The Kier molecular flexibility index (Phi) is 6.55. The van der Waals surface area contributed by atoms with Crippen molar-refractivity contribution in [2.45, 2.75) is 62.4 Å². The number of piperidine rings is 1. The third kappa shape index (κ3) is 4.80. The molecule has 2 fully saturated rings. The first-order valence-corrected chi connectivity index (χ1v) is 13.4. The van der Waals surface area contributed by atoms with Gasteiger partial charge in [0, 0.05) is 37.4 Å². The predicted molar refractivity (Wildman–Crippen MR) is 140 cm³/mol. The lowest BCUT2D eigenvalue weighted by Gasteiger charge is -2.41. The minimum absolute atomic E-state index is 0.00799. The van der Waals surface area contributed by atoms with Crippen LogP contribution in [0.1, 0.15) is 62.0 Å². The van der Waals surface area contributed by atoms with Gasteiger partial charge in [0.2, 0.25) is 5.91 Å². The van der Waals surface area contributed by atoms with Crippen molar-refractivity contribution >= 4 is 17.5 Å². The first-order valence-electron chi connectivity index (χ1n) is 13.4. The summed E-state index contributed by atoms with van der Waals surface area (Å²) < 4.78 is 11.2. The van der Waals surface area contributed by atoms with E-state index >= 15 is 0 Å². The topological polar surface area (TPSA) is 84.7 Å². The summed E-state index contributed by atoms with van der Waals surface area (Å²) >= 11 is 0. The van der Waals surface area contributed by atoms with Crippen molar-refractivity contribution in [1.82, 2.24) is 9.88 Å². The van der Waals surface area contributed by atoms with Crippen LogP contribution < -0.4 is 5.32 Å². The van der Waals surface area contributed by atoms with Crippen LogP contribution in [0.15, 0.2) is 65.5 Å². The van der Waals surface area contributed by atoms with Crippen LogP contribution in [0.3, 0.4) is 0 Å². The Bertz CT molecular complexity index is 1260. The predicted octanol–water partition coefficient (Wildman–Crippen LogP) is 5.29. The van der Waals surface area contributed by atoms with Crippen LogP contribution in [0, 0.1) is 0 Å². The molecular formula is C30H33N3O4. The zero-order valence-electron chi connectivity index (χ0n) is 21.0. The fourth-order valence-corrected chi connectivity index (χ4v) is 6.52. The van der Waals surface area contributed by atoms with Crippen LogP contribution in [-0.2, 0) is 19.7 Å². The maximum Gasteiger partial charge on any atom is 0.251 e. The van der Waals surface area contributed by atoms with Crippen LogP contribution in [0.2, 0.25) is 0 Å². The van der Waals surface area contributed by atoms with Gasteiger partial charge < -0.3 is 19.4 Å². The van der Waals surface area contributed by atoms with E-state index in [-0.39, 0.29) is 29.3 Å². The highest BCUT2D eigenvalue weighted by molar-refractivity contribution is 5.92. The zero-order valence-corrected chi connectivity index (χ0v) is 21.0. The van der Waals surface area contributed by atoms with Crippen LogP contribution in [0.5, 0.6) is 0 Å². The highest BCUT2D eigenvalue weighted by atomic mass is 16.5. The minimum Gasteiger partial charge on any atom is -0.444 e. The molecule has 6 rings (SSSR count). The molecule has 37 heavy (non-hydrogen) atoms. The number of carbonyl (C=O) groups excluding carboxylic acids is 2. The largest absolute Gasteiger partial charge is 0.444 e. The molecule has 192 valence electrons. The van der Waals surface area contributed by atoms with E-state index in [1.54, 1.807) is 6.20 Å². The van der Waals surface area contributed by atoms with Gasteiger partial charge in [-0.25, -0.2) is 4.98 Å². The van der Waals surface area contributed by atoms with Crippen molar-refractivity contribution in [2.75, 3.05) is 25.0 Å². The number of aromatic nitrogens is 1. The number of amides is 2. The molecule has 3 aromatic rings. The number of nitrogens with zero attached hydrogens (tertiary/aromatic N) is 2. The minimum atomic E-state index is -0.266. The Morgan fingerprint density at radius 1 is 1.08 bits per heavy atom. The Balaban J connectivity index is 1.12. The summed E-state index contributed by atoms with van der Waals surface area (Å²) in [6, 6.07) is 16.2. The Morgan fingerprint density at radius 3 is 2.73 bits per heavy atom. The first-order chi connectivity index (χ1) is 18.1. The standard InChI is InChI=1S/C30H33N3O4/c34-28(32-23-7-5-6-21(16-23)27-19-31-20-37-27)17-22-18-30(25-9-2-1-8-24(22)25)11-13-33(14-12-30)29(35)26-10-3-4-15-36-26/h1-2,5-9,16,19-20,22,26H,3-4,10-15,17-18H2,(H,32,34)/t22?,26-/m1/s1. The molecule has 2 atom stereocenters. The lowest BCUT2D eigenvalue weighted by Crippen LogP contribution is -2.49. The number of anilines is 1. The Morgan fingerprint density at radius 2 is 1.95 bits per heavy atom.